The minimum atomic E-state index is -0.783. The van der Waals surface area contributed by atoms with Gasteiger partial charge in [-0.15, -0.1) is 10.2 Å². The van der Waals surface area contributed by atoms with Gasteiger partial charge in [0.25, 0.3) is 5.91 Å². The number of rotatable bonds is 4. The van der Waals surface area contributed by atoms with E-state index < -0.39 is 11.6 Å². The number of carbonyl (C=O) groups excluding carboxylic acids is 2. The largest absolute Gasteiger partial charge is 0.338 e. The summed E-state index contributed by atoms with van der Waals surface area (Å²) in [7, 11) is 1.63. The number of likely N-dealkylation sites (tertiary alicyclic amines) is 1. The molecule has 3 heterocycles. The van der Waals surface area contributed by atoms with E-state index in [4.69, 9.17) is 0 Å². The molecular formula is C19H18F2N6O2S. The number of nitrogens with one attached hydrogen (secondary N) is 1. The Morgan fingerprint density at radius 1 is 1.23 bits per heavy atom. The molecule has 1 saturated heterocycles. The van der Waals surface area contributed by atoms with Crippen LogP contribution in [-0.4, -0.2) is 49.8 Å². The zero-order valence-corrected chi connectivity index (χ0v) is 16.8. The standard InChI is InChI=1S/C19H18F2N6O2S/c1-26-9-14(16(25-26)13-3-2-12(20)8-15(13)21)18(29)27-6-4-11(5-7-27)17(28)23-19-24-22-10-30-19/h2-3,8-11H,4-7H2,1H3,(H,23,24,28). The van der Waals surface area contributed by atoms with Gasteiger partial charge in [-0.3, -0.25) is 14.3 Å². The first-order valence-corrected chi connectivity index (χ1v) is 10.2. The summed E-state index contributed by atoms with van der Waals surface area (Å²) in [6.45, 7) is 0.764. The zero-order valence-electron chi connectivity index (χ0n) is 16.0. The van der Waals surface area contributed by atoms with E-state index in [0.29, 0.717) is 31.1 Å². The smallest absolute Gasteiger partial charge is 0.257 e. The van der Waals surface area contributed by atoms with Crippen molar-refractivity contribution in [1.29, 1.82) is 0 Å². The first-order chi connectivity index (χ1) is 14.4. The molecule has 0 saturated carbocycles. The third-order valence-corrected chi connectivity index (χ3v) is 5.60. The molecule has 0 radical (unpaired) electrons. The second kappa shape index (κ2) is 8.27. The van der Waals surface area contributed by atoms with Crippen molar-refractivity contribution in [3.05, 3.63) is 47.1 Å². The molecule has 1 aromatic carbocycles. The number of aryl methyl sites for hydroxylation is 1. The molecule has 4 rings (SSSR count). The third kappa shape index (κ3) is 4.06. The molecule has 3 aromatic rings. The van der Waals surface area contributed by atoms with Gasteiger partial charge in [0.05, 0.1) is 5.56 Å². The summed E-state index contributed by atoms with van der Waals surface area (Å²) in [5, 5.41) is 14.9. The van der Waals surface area contributed by atoms with Crippen LogP contribution in [0.1, 0.15) is 23.2 Å². The van der Waals surface area contributed by atoms with E-state index in [0.717, 1.165) is 12.1 Å². The minimum Gasteiger partial charge on any atom is -0.338 e. The maximum absolute atomic E-state index is 14.3. The van der Waals surface area contributed by atoms with Crippen molar-refractivity contribution in [3.63, 3.8) is 0 Å². The average molecular weight is 432 g/mol. The van der Waals surface area contributed by atoms with Gasteiger partial charge < -0.3 is 10.2 Å². The summed E-state index contributed by atoms with van der Waals surface area (Å²) in [5.74, 6) is -2.16. The van der Waals surface area contributed by atoms with Crippen LogP contribution in [0.5, 0.6) is 0 Å². The Kier molecular flexibility index (Phi) is 5.53. The number of piperidine rings is 1. The SMILES string of the molecule is Cn1cc(C(=O)N2CCC(C(=O)Nc3nncs3)CC2)c(-c2ccc(F)cc2F)n1. The normalized spacial score (nSPS) is 14.7. The van der Waals surface area contributed by atoms with Gasteiger partial charge in [-0.25, -0.2) is 8.78 Å². The highest BCUT2D eigenvalue weighted by Gasteiger charge is 2.30. The number of nitrogens with zero attached hydrogens (tertiary/aromatic N) is 5. The highest BCUT2D eigenvalue weighted by molar-refractivity contribution is 7.13. The predicted octanol–water partition coefficient (Wildman–Crippen LogP) is 2.71. The zero-order chi connectivity index (χ0) is 21.3. The van der Waals surface area contributed by atoms with Gasteiger partial charge in [-0.05, 0) is 25.0 Å². The van der Waals surface area contributed by atoms with E-state index >= 15 is 0 Å². The van der Waals surface area contributed by atoms with E-state index in [1.54, 1.807) is 11.9 Å². The Hall–Kier alpha value is -3.21. The average Bonchev–Trinajstić information content (AvgIpc) is 3.37. The van der Waals surface area contributed by atoms with Crippen molar-refractivity contribution < 1.29 is 18.4 Å². The Morgan fingerprint density at radius 2 is 2.00 bits per heavy atom. The summed E-state index contributed by atoms with van der Waals surface area (Å²) in [6, 6.07) is 3.16. The Labute approximate surface area is 174 Å². The van der Waals surface area contributed by atoms with Gasteiger partial charge in [0.1, 0.15) is 22.8 Å². The van der Waals surface area contributed by atoms with Gasteiger partial charge in [-0.1, -0.05) is 11.3 Å². The maximum atomic E-state index is 14.3. The second-order valence-electron chi connectivity index (χ2n) is 6.99. The molecule has 1 N–H and O–H groups in total. The molecule has 0 aliphatic carbocycles. The molecule has 1 fully saturated rings. The maximum Gasteiger partial charge on any atom is 0.257 e. The van der Waals surface area contributed by atoms with E-state index in [1.807, 2.05) is 0 Å². The number of carbonyl (C=O) groups is 2. The topological polar surface area (TPSA) is 93.0 Å². The lowest BCUT2D eigenvalue weighted by Gasteiger charge is -2.31. The molecule has 11 heteroatoms. The second-order valence-corrected chi connectivity index (χ2v) is 7.82. The van der Waals surface area contributed by atoms with E-state index in [1.165, 1.54) is 33.8 Å². The molecule has 1 aliphatic heterocycles. The van der Waals surface area contributed by atoms with Crippen molar-refractivity contribution >= 4 is 28.3 Å². The van der Waals surface area contributed by atoms with Gasteiger partial charge >= 0.3 is 0 Å². The summed E-state index contributed by atoms with van der Waals surface area (Å²) in [6.07, 6.45) is 2.52. The number of hydrogen-bond acceptors (Lipinski definition) is 6. The molecule has 30 heavy (non-hydrogen) atoms. The highest BCUT2D eigenvalue weighted by Crippen LogP contribution is 2.28. The van der Waals surface area contributed by atoms with E-state index in [2.05, 4.69) is 20.6 Å². The van der Waals surface area contributed by atoms with Crippen LogP contribution in [0.3, 0.4) is 0 Å². The van der Waals surface area contributed by atoms with Crippen molar-refractivity contribution in [3.8, 4) is 11.3 Å². The number of benzene rings is 1. The van der Waals surface area contributed by atoms with Crippen LogP contribution in [0.15, 0.2) is 29.9 Å². The number of aromatic nitrogens is 4. The summed E-state index contributed by atoms with van der Waals surface area (Å²) < 4.78 is 28.9. The monoisotopic (exact) mass is 432 g/mol. The van der Waals surface area contributed by atoms with Gasteiger partial charge in [0.15, 0.2) is 0 Å². The molecule has 0 bridgehead atoms. The lowest BCUT2D eigenvalue weighted by molar-refractivity contribution is -0.121. The van der Waals surface area contributed by atoms with Crippen LogP contribution >= 0.6 is 11.3 Å². The molecule has 0 spiro atoms. The molecule has 1 aliphatic rings. The number of halogens is 2. The summed E-state index contributed by atoms with van der Waals surface area (Å²) in [5.41, 5.74) is 1.99. The van der Waals surface area contributed by atoms with E-state index in [9.17, 15) is 18.4 Å². The lowest BCUT2D eigenvalue weighted by atomic mass is 9.95. The number of anilines is 1. The minimum absolute atomic E-state index is 0.0617. The van der Waals surface area contributed by atoms with Crippen LogP contribution in [0.2, 0.25) is 0 Å². The first-order valence-electron chi connectivity index (χ1n) is 9.27. The first kappa shape index (κ1) is 20.1. The number of amides is 2. The number of hydrogen-bond donors (Lipinski definition) is 1. The highest BCUT2D eigenvalue weighted by atomic mass is 32.1. The molecule has 8 nitrogen and oxygen atoms in total. The summed E-state index contributed by atoms with van der Waals surface area (Å²) in [4.78, 5) is 27.1. The summed E-state index contributed by atoms with van der Waals surface area (Å²) >= 11 is 1.24. The van der Waals surface area contributed by atoms with Crippen LogP contribution in [-0.2, 0) is 11.8 Å². The molecule has 0 unspecified atom stereocenters. The van der Waals surface area contributed by atoms with Crippen molar-refractivity contribution in [2.75, 3.05) is 18.4 Å². The Bertz CT molecular complexity index is 1080. The molecular weight excluding hydrogens is 414 g/mol. The fourth-order valence-electron chi connectivity index (χ4n) is 3.48. The van der Waals surface area contributed by atoms with Crippen LogP contribution < -0.4 is 5.32 Å². The fourth-order valence-corrected chi connectivity index (χ4v) is 3.92. The molecule has 2 aromatic heterocycles. The molecule has 2 amide bonds. The van der Waals surface area contributed by atoms with Gasteiger partial charge in [0, 0.05) is 43.9 Å². The molecule has 156 valence electrons. The van der Waals surface area contributed by atoms with Gasteiger partial charge in [-0.2, -0.15) is 5.10 Å². The quantitative estimate of drug-likeness (QED) is 0.684. The lowest BCUT2D eigenvalue weighted by Crippen LogP contribution is -2.41. The predicted molar refractivity (Wildman–Crippen MR) is 106 cm³/mol. The third-order valence-electron chi connectivity index (χ3n) is 4.99. The van der Waals surface area contributed by atoms with Crippen LogP contribution in [0, 0.1) is 17.6 Å². The van der Waals surface area contributed by atoms with Gasteiger partial charge in [0.2, 0.25) is 11.0 Å². The van der Waals surface area contributed by atoms with E-state index in [-0.39, 0.29) is 34.6 Å². The molecule has 0 atom stereocenters. The van der Waals surface area contributed by atoms with Crippen LogP contribution in [0.25, 0.3) is 11.3 Å². The fraction of sp³-hybridized carbons (Fsp3) is 0.316. The van der Waals surface area contributed by atoms with Crippen LogP contribution in [0.4, 0.5) is 13.9 Å². The van der Waals surface area contributed by atoms with Crippen molar-refractivity contribution in [2.24, 2.45) is 13.0 Å². The van der Waals surface area contributed by atoms with Crippen molar-refractivity contribution in [2.45, 2.75) is 12.8 Å². The Balaban J connectivity index is 1.47. The Morgan fingerprint density at radius 3 is 2.67 bits per heavy atom. The van der Waals surface area contributed by atoms with Crippen molar-refractivity contribution in [1.82, 2.24) is 24.9 Å².